The fraction of sp³-hybridized carbons (Fsp3) is 0.278. The van der Waals surface area contributed by atoms with Gasteiger partial charge >= 0.3 is 0 Å². The second-order valence-corrected chi connectivity index (χ2v) is 4.97. The Morgan fingerprint density at radius 3 is 2.33 bits per heavy atom. The summed E-state index contributed by atoms with van der Waals surface area (Å²) in [5, 5.41) is 2.83. The van der Waals surface area contributed by atoms with Gasteiger partial charge in [0.2, 0.25) is 5.75 Å². The molecular formula is C18H21NO5. The number of anilines is 1. The molecule has 0 bridgehead atoms. The van der Waals surface area contributed by atoms with Gasteiger partial charge in [0.25, 0.3) is 5.91 Å². The van der Waals surface area contributed by atoms with Gasteiger partial charge in [0, 0.05) is 12.7 Å². The van der Waals surface area contributed by atoms with Crippen molar-refractivity contribution < 1.29 is 23.7 Å². The fourth-order valence-corrected chi connectivity index (χ4v) is 2.36. The molecule has 0 aliphatic rings. The average molecular weight is 331 g/mol. The van der Waals surface area contributed by atoms with E-state index in [4.69, 9.17) is 18.9 Å². The molecule has 0 saturated carbocycles. The minimum absolute atomic E-state index is 0.251. The highest BCUT2D eigenvalue weighted by Gasteiger charge is 2.18. The van der Waals surface area contributed by atoms with Gasteiger partial charge in [-0.25, -0.2) is 0 Å². The first-order chi connectivity index (χ1) is 11.6. The van der Waals surface area contributed by atoms with E-state index in [-0.39, 0.29) is 5.91 Å². The molecule has 1 N–H and O–H groups in total. The van der Waals surface area contributed by atoms with Crippen LogP contribution >= 0.6 is 0 Å². The van der Waals surface area contributed by atoms with Crippen LogP contribution in [0.25, 0.3) is 0 Å². The van der Waals surface area contributed by atoms with E-state index in [0.29, 0.717) is 35.1 Å². The quantitative estimate of drug-likeness (QED) is 0.844. The highest BCUT2D eigenvalue weighted by Crippen LogP contribution is 2.42. The molecule has 0 aromatic heterocycles. The van der Waals surface area contributed by atoms with E-state index in [1.54, 1.807) is 31.4 Å². The summed E-state index contributed by atoms with van der Waals surface area (Å²) < 4.78 is 21.0. The van der Waals surface area contributed by atoms with Crippen LogP contribution in [-0.2, 0) is 11.3 Å². The van der Waals surface area contributed by atoms with E-state index in [1.807, 2.05) is 12.1 Å². The van der Waals surface area contributed by atoms with Crippen LogP contribution in [-0.4, -0.2) is 34.3 Å². The topological polar surface area (TPSA) is 66.0 Å². The lowest BCUT2D eigenvalue weighted by atomic mass is 10.1. The van der Waals surface area contributed by atoms with E-state index in [0.717, 1.165) is 5.56 Å². The summed E-state index contributed by atoms with van der Waals surface area (Å²) in [7, 11) is 6.17. The number of hydrogen-bond acceptors (Lipinski definition) is 5. The van der Waals surface area contributed by atoms with Gasteiger partial charge in [-0.1, -0.05) is 12.1 Å². The highest BCUT2D eigenvalue weighted by molar-refractivity contribution is 6.05. The number of amides is 1. The number of nitrogens with one attached hydrogen (secondary N) is 1. The maximum atomic E-state index is 12.5. The Balaban J connectivity index is 2.30. The smallest absolute Gasteiger partial charge is 0.255 e. The molecule has 0 aliphatic carbocycles. The zero-order valence-electron chi connectivity index (χ0n) is 14.2. The van der Waals surface area contributed by atoms with E-state index in [9.17, 15) is 4.79 Å². The van der Waals surface area contributed by atoms with E-state index >= 15 is 0 Å². The number of carbonyl (C=O) groups is 1. The summed E-state index contributed by atoms with van der Waals surface area (Å²) in [6.45, 7) is 0.445. The normalized spacial score (nSPS) is 10.2. The third kappa shape index (κ3) is 3.78. The second-order valence-electron chi connectivity index (χ2n) is 4.97. The lowest BCUT2D eigenvalue weighted by Gasteiger charge is -2.16. The Hall–Kier alpha value is -2.73. The van der Waals surface area contributed by atoms with Crippen molar-refractivity contribution in [2.45, 2.75) is 6.61 Å². The molecular weight excluding hydrogens is 310 g/mol. The molecule has 0 saturated heterocycles. The molecule has 2 aromatic rings. The number of carbonyl (C=O) groups excluding carboxylic acids is 1. The Morgan fingerprint density at radius 2 is 1.71 bits per heavy atom. The van der Waals surface area contributed by atoms with Gasteiger partial charge in [-0.15, -0.1) is 0 Å². The summed E-state index contributed by atoms with van der Waals surface area (Å²) in [6.07, 6.45) is 0. The molecule has 0 aliphatic heterocycles. The van der Waals surface area contributed by atoms with Crippen LogP contribution in [0.2, 0.25) is 0 Å². The maximum Gasteiger partial charge on any atom is 0.255 e. The predicted molar refractivity (Wildman–Crippen MR) is 91.2 cm³/mol. The van der Waals surface area contributed by atoms with E-state index in [1.165, 1.54) is 21.3 Å². The lowest BCUT2D eigenvalue weighted by molar-refractivity contribution is 0.102. The molecule has 0 unspecified atom stereocenters. The molecule has 6 heteroatoms. The van der Waals surface area contributed by atoms with Gasteiger partial charge in [-0.05, 0) is 29.8 Å². The van der Waals surface area contributed by atoms with Crippen molar-refractivity contribution >= 4 is 11.6 Å². The number of hydrogen-bond donors (Lipinski definition) is 1. The van der Waals surface area contributed by atoms with Gasteiger partial charge in [-0.2, -0.15) is 0 Å². The molecule has 0 atom stereocenters. The summed E-state index contributed by atoms with van der Waals surface area (Å²) in [5.74, 6) is 1.09. The molecule has 2 rings (SSSR count). The largest absolute Gasteiger partial charge is 0.493 e. The van der Waals surface area contributed by atoms with Gasteiger partial charge < -0.3 is 24.3 Å². The monoisotopic (exact) mass is 331 g/mol. The van der Waals surface area contributed by atoms with E-state index < -0.39 is 0 Å². The van der Waals surface area contributed by atoms with Gasteiger partial charge in [0.05, 0.1) is 33.6 Å². The molecule has 0 radical (unpaired) electrons. The highest BCUT2D eigenvalue weighted by atomic mass is 16.5. The average Bonchev–Trinajstić information content (AvgIpc) is 2.61. The summed E-state index contributed by atoms with van der Waals surface area (Å²) in [5.41, 5.74) is 1.95. The van der Waals surface area contributed by atoms with Crippen molar-refractivity contribution in [2.75, 3.05) is 33.8 Å². The maximum absolute atomic E-state index is 12.5. The molecule has 1 amide bonds. The SMILES string of the molecule is COCc1cccc(C(=O)Nc2ccc(OC)c(OC)c2OC)c1. The molecule has 0 spiro atoms. The van der Waals surface area contributed by atoms with Crippen LogP contribution in [0.4, 0.5) is 5.69 Å². The van der Waals surface area contributed by atoms with Crippen molar-refractivity contribution in [2.24, 2.45) is 0 Å². The molecule has 6 nitrogen and oxygen atoms in total. The first-order valence-corrected chi connectivity index (χ1v) is 7.32. The molecule has 0 heterocycles. The number of methoxy groups -OCH3 is 4. The van der Waals surface area contributed by atoms with Gasteiger partial charge in [-0.3, -0.25) is 4.79 Å². The first-order valence-electron chi connectivity index (χ1n) is 7.32. The second kappa shape index (κ2) is 8.21. The number of rotatable bonds is 7. The van der Waals surface area contributed by atoms with Gasteiger partial charge in [0.1, 0.15) is 0 Å². The Bertz CT molecular complexity index is 715. The lowest BCUT2D eigenvalue weighted by Crippen LogP contribution is -2.13. The van der Waals surface area contributed by atoms with Crippen LogP contribution in [0.1, 0.15) is 15.9 Å². The fourth-order valence-electron chi connectivity index (χ4n) is 2.36. The molecule has 128 valence electrons. The molecule has 24 heavy (non-hydrogen) atoms. The van der Waals surface area contributed by atoms with Crippen molar-refractivity contribution in [3.05, 3.63) is 47.5 Å². The van der Waals surface area contributed by atoms with E-state index in [2.05, 4.69) is 5.32 Å². The third-order valence-corrected chi connectivity index (χ3v) is 3.45. The van der Waals surface area contributed by atoms with Crippen molar-refractivity contribution in [1.82, 2.24) is 0 Å². The van der Waals surface area contributed by atoms with Crippen LogP contribution in [0.3, 0.4) is 0 Å². The van der Waals surface area contributed by atoms with Crippen LogP contribution in [0.15, 0.2) is 36.4 Å². The number of benzene rings is 2. The van der Waals surface area contributed by atoms with Crippen LogP contribution in [0.5, 0.6) is 17.2 Å². The third-order valence-electron chi connectivity index (χ3n) is 3.45. The zero-order valence-corrected chi connectivity index (χ0v) is 14.2. The van der Waals surface area contributed by atoms with Crippen molar-refractivity contribution in [3.63, 3.8) is 0 Å². The standard InChI is InChI=1S/C18H21NO5/c1-21-11-12-6-5-7-13(10-12)18(20)19-14-8-9-15(22-2)17(24-4)16(14)23-3/h5-10H,11H2,1-4H3,(H,19,20). The first kappa shape index (κ1) is 17.6. The minimum atomic E-state index is -0.251. The zero-order chi connectivity index (χ0) is 17.5. The van der Waals surface area contributed by atoms with Gasteiger partial charge in [0.15, 0.2) is 11.5 Å². The van der Waals surface area contributed by atoms with Crippen LogP contribution < -0.4 is 19.5 Å². The minimum Gasteiger partial charge on any atom is -0.493 e. The molecule has 0 fully saturated rings. The summed E-state index contributed by atoms with van der Waals surface area (Å²) >= 11 is 0. The van der Waals surface area contributed by atoms with Crippen LogP contribution in [0, 0.1) is 0 Å². The number of ether oxygens (including phenoxy) is 4. The predicted octanol–water partition coefficient (Wildman–Crippen LogP) is 3.11. The Kier molecular flexibility index (Phi) is 6.03. The summed E-state index contributed by atoms with van der Waals surface area (Å²) in [4.78, 5) is 12.5. The van der Waals surface area contributed by atoms with Crippen molar-refractivity contribution in [1.29, 1.82) is 0 Å². The Labute approximate surface area is 141 Å². The molecule has 2 aromatic carbocycles. The van der Waals surface area contributed by atoms with Crippen molar-refractivity contribution in [3.8, 4) is 17.2 Å². The summed E-state index contributed by atoms with van der Waals surface area (Å²) in [6, 6.07) is 10.6. The Morgan fingerprint density at radius 1 is 0.958 bits per heavy atom.